The maximum absolute atomic E-state index is 15.0. The Morgan fingerprint density at radius 3 is 2.42 bits per heavy atom. The Labute approximate surface area is 328 Å². The fourth-order valence-electron chi connectivity index (χ4n) is 13.3. The topological polar surface area (TPSA) is 101 Å². The van der Waals surface area contributed by atoms with Gasteiger partial charge in [0.2, 0.25) is 5.91 Å². The number of ketones is 1. The van der Waals surface area contributed by atoms with Crippen LogP contribution in [0.15, 0.2) is 48.1 Å². The molecule has 2 saturated carbocycles. The maximum Gasteiger partial charge on any atom is 0.247 e. The third-order valence-corrected chi connectivity index (χ3v) is 15.5. The minimum Gasteiger partial charge on any atom is -0.392 e. The monoisotopic (exact) mass is 748 g/mol. The van der Waals surface area contributed by atoms with Gasteiger partial charge in [0.05, 0.1) is 34.5 Å². The van der Waals surface area contributed by atoms with E-state index in [0.717, 1.165) is 64.4 Å². The van der Waals surface area contributed by atoms with Gasteiger partial charge in [0.15, 0.2) is 5.78 Å². The zero-order valence-corrected chi connectivity index (χ0v) is 35.4. The standard InChI is InChI=1S/C48H64N2O5/c1-14-26(42(54)49-43(4,5)6)16-15-20-46(11)32-18-17-27-22-30-29-23-28-31-24-44(7,8)55-45(9,10)36(31)39(52)34(28)35-38(29)50(37(25(2)3)40(35)53)41(30)48(27,13)47(32,12)21-19-33(46)51/h15-16,20,23-24,27,32-33,36-37,39,51-52H,2,14,17-19,21-22H2,1,3-13H3,(H,49,54)/b20-15+,26-16+/t27?,32-,33-,36?,37-,39+,46-,47-,48+/m0/s1. The van der Waals surface area contributed by atoms with Crippen LogP contribution in [0.4, 0.5) is 0 Å². The Balaban J connectivity index is 1.29. The molecule has 0 radical (unpaired) electrons. The average molecular weight is 749 g/mol. The molecule has 0 saturated heterocycles. The largest absolute Gasteiger partial charge is 0.392 e. The maximum atomic E-state index is 15.0. The van der Waals surface area contributed by atoms with Crippen molar-refractivity contribution in [2.24, 2.45) is 28.6 Å². The lowest BCUT2D eigenvalue weighted by atomic mass is 9.40. The van der Waals surface area contributed by atoms with Gasteiger partial charge in [-0.05, 0) is 140 Å². The number of nitrogens with zero attached hydrogens (tertiary/aromatic N) is 1. The molecular weight excluding hydrogens is 685 g/mol. The van der Waals surface area contributed by atoms with Crippen molar-refractivity contribution in [1.82, 2.24) is 9.88 Å². The third-order valence-electron chi connectivity index (χ3n) is 15.5. The molecule has 3 heterocycles. The van der Waals surface area contributed by atoms with Crippen molar-refractivity contribution in [2.75, 3.05) is 0 Å². The second kappa shape index (κ2) is 11.9. The van der Waals surface area contributed by atoms with E-state index in [1.807, 2.05) is 46.8 Å². The summed E-state index contributed by atoms with van der Waals surface area (Å²) in [4.78, 5) is 28.1. The molecule has 9 atom stereocenters. The van der Waals surface area contributed by atoms with Crippen LogP contribution in [-0.2, 0) is 21.4 Å². The van der Waals surface area contributed by atoms with Gasteiger partial charge in [-0.1, -0.05) is 58.1 Å². The van der Waals surface area contributed by atoms with E-state index in [2.05, 4.69) is 83.1 Å². The summed E-state index contributed by atoms with van der Waals surface area (Å²) < 4.78 is 8.92. The van der Waals surface area contributed by atoms with Crippen LogP contribution in [0, 0.1) is 28.6 Å². The highest BCUT2D eigenvalue weighted by atomic mass is 16.5. The highest BCUT2D eigenvalue weighted by molar-refractivity contribution is 6.18. The highest BCUT2D eigenvalue weighted by Gasteiger charge is 2.67. The number of fused-ring (bicyclic) bond motifs is 11. The molecule has 2 aliphatic heterocycles. The number of Topliss-reactive ketones (excluding diaryl/α,β-unsaturated/α-hetero) is 1. The van der Waals surface area contributed by atoms with Crippen LogP contribution in [0.3, 0.4) is 0 Å². The smallest absolute Gasteiger partial charge is 0.247 e. The SMILES string of the molecule is C=C(C)[C@H]1C(=O)c2c3c(cc4c5c(n1c24)[C@@]1(C)C(CC[C@H]2[C@](C)(/C=C/C=C(\CC)C(=O)NC(C)(C)C)[C@@H](O)CC[C@@]21C)C5)C1=CC(C)(C)OC(C)(C)C1[C@@H]3O. The predicted octanol–water partition coefficient (Wildman–Crippen LogP) is 9.40. The number of rotatable bonds is 5. The summed E-state index contributed by atoms with van der Waals surface area (Å²) in [5, 5.41) is 28.4. The number of nitrogens with one attached hydrogen (secondary N) is 1. The van der Waals surface area contributed by atoms with Gasteiger partial charge in [-0.3, -0.25) is 9.59 Å². The predicted molar refractivity (Wildman–Crippen MR) is 220 cm³/mol. The van der Waals surface area contributed by atoms with Crippen LogP contribution in [0.25, 0.3) is 16.5 Å². The molecule has 0 spiro atoms. The Bertz CT molecular complexity index is 2150. The molecule has 2 aromatic rings. The molecule has 1 aromatic carbocycles. The van der Waals surface area contributed by atoms with Crippen LogP contribution in [0.5, 0.6) is 0 Å². The molecule has 6 aliphatic rings. The molecule has 8 rings (SSSR count). The van der Waals surface area contributed by atoms with Crippen molar-refractivity contribution < 1.29 is 24.5 Å². The molecule has 2 fully saturated rings. The number of aromatic nitrogens is 1. The van der Waals surface area contributed by atoms with Gasteiger partial charge in [-0.25, -0.2) is 0 Å². The lowest BCUT2D eigenvalue weighted by Crippen LogP contribution is -2.62. The summed E-state index contributed by atoms with van der Waals surface area (Å²) in [6.07, 6.45) is 12.1. The lowest BCUT2D eigenvalue weighted by molar-refractivity contribution is -0.144. The normalized spacial score (nSPS) is 37.0. The molecular formula is C48H64N2O5. The lowest BCUT2D eigenvalue weighted by Gasteiger charge is -2.64. The van der Waals surface area contributed by atoms with Crippen molar-refractivity contribution in [3.63, 3.8) is 0 Å². The summed E-state index contributed by atoms with van der Waals surface area (Å²) in [6.45, 7) is 29.8. The second-order valence-corrected chi connectivity index (χ2v) is 20.9. The van der Waals surface area contributed by atoms with Gasteiger partial charge in [0.25, 0.3) is 0 Å². The highest BCUT2D eigenvalue weighted by Crippen LogP contribution is 2.71. The van der Waals surface area contributed by atoms with Crippen molar-refractivity contribution >= 4 is 28.2 Å². The first kappa shape index (κ1) is 38.6. The Kier molecular flexibility index (Phi) is 8.35. The van der Waals surface area contributed by atoms with Crippen molar-refractivity contribution in [1.29, 1.82) is 0 Å². The third kappa shape index (κ3) is 5.10. The van der Waals surface area contributed by atoms with Gasteiger partial charge in [-0.15, -0.1) is 0 Å². The van der Waals surface area contributed by atoms with E-state index < -0.39 is 34.9 Å². The summed E-state index contributed by atoms with van der Waals surface area (Å²) >= 11 is 0. The number of amides is 1. The number of hydrogen-bond donors (Lipinski definition) is 3. The molecule has 7 nitrogen and oxygen atoms in total. The molecule has 1 amide bonds. The van der Waals surface area contributed by atoms with E-state index in [9.17, 15) is 19.8 Å². The van der Waals surface area contributed by atoms with Crippen LogP contribution >= 0.6 is 0 Å². The van der Waals surface area contributed by atoms with Gasteiger partial charge in [-0.2, -0.15) is 0 Å². The Morgan fingerprint density at radius 2 is 1.78 bits per heavy atom. The first-order valence-electron chi connectivity index (χ1n) is 20.9. The molecule has 55 heavy (non-hydrogen) atoms. The molecule has 1 aromatic heterocycles. The number of ether oxygens (including phenoxy) is 1. The van der Waals surface area contributed by atoms with E-state index in [1.54, 1.807) is 0 Å². The Morgan fingerprint density at radius 1 is 1.09 bits per heavy atom. The number of carbonyl (C=O) groups excluding carboxylic acids is 2. The number of allylic oxidation sites excluding steroid dienone is 3. The minimum atomic E-state index is -0.855. The van der Waals surface area contributed by atoms with Gasteiger partial charge in [0.1, 0.15) is 6.04 Å². The number of aliphatic hydroxyl groups excluding tert-OH is 2. The first-order valence-corrected chi connectivity index (χ1v) is 20.9. The molecule has 7 heteroatoms. The number of carbonyl (C=O) groups is 2. The number of aliphatic hydroxyl groups is 2. The van der Waals surface area contributed by atoms with Crippen LogP contribution < -0.4 is 5.32 Å². The molecule has 4 aliphatic carbocycles. The van der Waals surface area contributed by atoms with Crippen molar-refractivity contribution in [3.8, 4) is 0 Å². The van der Waals surface area contributed by atoms with Crippen molar-refractivity contribution in [3.05, 3.63) is 76.0 Å². The molecule has 3 N–H and O–H groups in total. The zero-order chi connectivity index (χ0) is 40.2. The first-order chi connectivity index (χ1) is 25.4. The van der Waals surface area contributed by atoms with E-state index in [1.165, 1.54) is 11.3 Å². The van der Waals surface area contributed by atoms with E-state index in [4.69, 9.17) is 4.74 Å². The minimum absolute atomic E-state index is 0.0360. The fourth-order valence-corrected chi connectivity index (χ4v) is 13.3. The van der Waals surface area contributed by atoms with Crippen LogP contribution in [-0.4, -0.2) is 49.3 Å². The zero-order valence-electron chi connectivity index (χ0n) is 35.4. The van der Waals surface area contributed by atoms with E-state index in [0.29, 0.717) is 24.3 Å². The van der Waals surface area contributed by atoms with Gasteiger partial charge >= 0.3 is 0 Å². The average Bonchev–Trinajstić information content (AvgIpc) is 3.73. The van der Waals surface area contributed by atoms with E-state index >= 15 is 0 Å². The second-order valence-electron chi connectivity index (χ2n) is 20.9. The molecule has 0 bridgehead atoms. The van der Waals surface area contributed by atoms with Crippen LogP contribution in [0.2, 0.25) is 0 Å². The summed E-state index contributed by atoms with van der Waals surface area (Å²) in [5.74, 6) is 0.267. The molecule has 296 valence electrons. The number of hydrogen-bond acceptors (Lipinski definition) is 5. The summed E-state index contributed by atoms with van der Waals surface area (Å²) in [5.41, 5.74) is 6.18. The Hall–Kier alpha value is -3.26. The van der Waals surface area contributed by atoms with Crippen LogP contribution in [0.1, 0.15) is 160 Å². The molecule has 2 unspecified atom stereocenters. The summed E-state index contributed by atoms with van der Waals surface area (Å²) in [6, 6.07) is 1.78. The quantitative estimate of drug-likeness (QED) is 0.161. The van der Waals surface area contributed by atoms with Crippen molar-refractivity contribution in [2.45, 2.75) is 162 Å². The van der Waals surface area contributed by atoms with Gasteiger partial charge in [0, 0.05) is 44.5 Å². The summed E-state index contributed by atoms with van der Waals surface area (Å²) in [7, 11) is 0. The fraction of sp³-hybridized carbons (Fsp3) is 0.625. The van der Waals surface area contributed by atoms with E-state index in [-0.39, 0.29) is 39.9 Å². The van der Waals surface area contributed by atoms with Gasteiger partial charge < -0.3 is 24.8 Å². The number of benzene rings is 1.